The van der Waals surface area contributed by atoms with Crippen LogP contribution in [0, 0.1) is 71.0 Å². The van der Waals surface area contributed by atoms with E-state index < -0.39 is 0 Å². The van der Waals surface area contributed by atoms with E-state index in [4.69, 9.17) is 71.0 Å². The largest absolute Gasteiger partial charge is 2.00 e. The predicted octanol–water partition coefficient (Wildman–Crippen LogP) is -0.947. The fourth-order valence-electron chi connectivity index (χ4n) is 0. The summed E-state index contributed by atoms with van der Waals surface area (Å²) in [6, 6.07) is 0. The van der Waals surface area contributed by atoms with Crippen LogP contribution < -0.4 is 0 Å². The van der Waals surface area contributed by atoms with Gasteiger partial charge in [-0.3, -0.25) is 0 Å². The summed E-state index contributed by atoms with van der Waals surface area (Å²) in [5.74, 6) is 0. The monoisotopic (exact) mass is 1030 g/mol. The molecule has 0 saturated heterocycles. The Morgan fingerprint density at radius 3 is 0.294 bits per heavy atom. The van der Waals surface area contributed by atoms with Crippen LogP contribution in [0.4, 0.5) is 0 Å². The maximum absolute atomic E-state index is 6.25. The maximum atomic E-state index is 6.25. The minimum Gasteiger partial charge on any atom is -0.512 e. The molecule has 0 saturated carbocycles. The van der Waals surface area contributed by atoms with E-state index in [-0.39, 0.29) is 126 Å². The summed E-state index contributed by atoms with van der Waals surface area (Å²) in [6.45, 7) is 28.5. The van der Waals surface area contributed by atoms with Crippen LogP contribution in [0.5, 0.6) is 0 Å². The first-order valence-corrected chi connectivity index (χ1v) is 1.34. The van der Waals surface area contributed by atoms with Gasteiger partial charge >= 0.3 is 126 Å². The molecule has 11 heteroatoms. The summed E-state index contributed by atoms with van der Waals surface area (Å²) in [5, 5.41) is 37.5. The molecule has 0 atom stereocenters. The third-order valence-electron chi connectivity index (χ3n) is 0. The summed E-state index contributed by atoms with van der Waals surface area (Å²) in [5.41, 5.74) is 0. The van der Waals surface area contributed by atoms with Crippen LogP contribution in [0.15, 0.2) is 0 Å². The van der Waals surface area contributed by atoms with Crippen molar-refractivity contribution in [2.45, 2.75) is 0 Å². The minimum atomic E-state index is 0. The molecule has 0 aromatic heterocycles. The van der Waals surface area contributed by atoms with Gasteiger partial charge in [-0.25, -0.2) is 0 Å². The smallest absolute Gasteiger partial charge is 0.512 e. The summed E-state index contributed by atoms with van der Waals surface area (Å²) < 4.78 is 0. The average Bonchev–Trinajstić information content (AvgIpc) is 2.33. The topological polar surface area (TPSA) is 143 Å². The van der Waals surface area contributed by atoms with Crippen molar-refractivity contribution in [1.29, 1.82) is 31.6 Å². The molecular formula is C6FeN6Tl4. The molecule has 0 bridgehead atoms. The molecule has 0 aliphatic carbocycles. The van der Waals surface area contributed by atoms with Gasteiger partial charge in [-0.1, -0.05) is 0 Å². The molecule has 0 aromatic rings. The minimum absolute atomic E-state index is 0. The number of hydrogen-bond acceptors (Lipinski definition) is 6. The number of hydrogen-bond donors (Lipinski definition) is 0. The van der Waals surface area contributed by atoms with Crippen LogP contribution in [0.25, 0.3) is 0 Å². The molecule has 0 N–H and O–H groups in total. The molecule has 0 unspecified atom stereocenters. The van der Waals surface area contributed by atoms with Gasteiger partial charge in [0.2, 0.25) is 0 Å². The van der Waals surface area contributed by atoms with Gasteiger partial charge < -0.3 is 71.0 Å². The van der Waals surface area contributed by atoms with Crippen LogP contribution in [0.2, 0.25) is 0 Å². The number of nitrogens with zero attached hydrogens (tertiary/aromatic N) is 6. The molecule has 0 rings (SSSR count). The van der Waals surface area contributed by atoms with E-state index in [2.05, 4.69) is 0 Å². The Morgan fingerprint density at radius 2 is 0.294 bits per heavy atom. The van der Waals surface area contributed by atoms with Gasteiger partial charge in [0.15, 0.2) is 0 Å². The Bertz CT molecular complexity index is 106. The zero-order valence-corrected chi connectivity index (χ0v) is 27.4. The molecule has 17 heavy (non-hydrogen) atoms. The zero-order valence-electron chi connectivity index (χ0n) is 8.35. The third-order valence-corrected chi connectivity index (χ3v) is 0. The van der Waals surface area contributed by atoms with Crippen LogP contribution in [-0.2, 0) is 17.1 Å². The quantitative estimate of drug-likeness (QED) is 0.227. The van der Waals surface area contributed by atoms with Gasteiger partial charge in [-0.2, -0.15) is 0 Å². The first-order chi connectivity index (χ1) is 6.00. The first-order valence-electron chi connectivity index (χ1n) is 1.34. The van der Waals surface area contributed by atoms with Crippen molar-refractivity contribution in [2.24, 2.45) is 0 Å². The third kappa shape index (κ3) is 2990. The van der Waals surface area contributed by atoms with Crippen molar-refractivity contribution in [3.8, 4) is 0 Å². The Morgan fingerprint density at radius 1 is 0.294 bits per heavy atom. The number of rotatable bonds is 0. The Balaban J connectivity index is -0.00000000267. The van der Waals surface area contributed by atoms with Gasteiger partial charge in [0.1, 0.15) is 0 Å². The molecule has 0 fully saturated rings. The second-order valence-electron chi connectivity index (χ2n) is 0. The second-order valence-corrected chi connectivity index (χ2v) is 0. The van der Waals surface area contributed by atoms with Gasteiger partial charge in [0.05, 0.1) is 0 Å². The molecule has 0 spiro atoms. The van der Waals surface area contributed by atoms with Crippen LogP contribution in [0.3, 0.4) is 0 Å². The van der Waals surface area contributed by atoms with Gasteiger partial charge in [0.25, 0.3) is 0 Å². The van der Waals surface area contributed by atoms with E-state index in [9.17, 15) is 0 Å². The van der Waals surface area contributed by atoms with Crippen molar-refractivity contribution in [2.75, 3.05) is 0 Å². The molecule has 0 amide bonds. The molecule has 0 heterocycles. The molecule has 0 radical (unpaired) electrons. The van der Waals surface area contributed by atoms with Crippen molar-refractivity contribution >= 4 is 109 Å². The van der Waals surface area contributed by atoms with E-state index in [0.29, 0.717) is 0 Å². The second kappa shape index (κ2) is 3390. The van der Waals surface area contributed by atoms with Crippen molar-refractivity contribution in [1.82, 2.24) is 0 Å². The molecule has 0 aliphatic heterocycles. The summed E-state index contributed by atoms with van der Waals surface area (Å²) in [7, 11) is 0. The fourth-order valence-corrected chi connectivity index (χ4v) is 0. The van der Waals surface area contributed by atoms with E-state index in [0.717, 1.165) is 0 Å². The van der Waals surface area contributed by atoms with Crippen LogP contribution in [0.1, 0.15) is 0 Å². The van der Waals surface area contributed by atoms with E-state index in [1.807, 2.05) is 0 Å². The van der Waals surface area contributed by atoms with Gasteiger partial charge in [-0.05, 0) is 0 Å². The van der Waals surface area contributed by atoms with Crippen LogP contribution in [-0.4, -0.2) is 109 Å². The zero-order chi connectivity index (χ0) is 12.0. The Labute approximate surface area is 194 Å². The first kappa shape index (κ1) is 104. The maximum Gasteiger partial charge on any atom is 2.00 e. The molecule has 0 aliphatic rings. The molecule has 6 nitrogen and oxygen atoms in total. The van der Waals surface area contributed by atoms with Gasteiger partial charge in [-0.15, -0.1) is 0 Å². The summed E-state index contributed by atoms with van der Waals surface area (Å²) in [4.78, 5) is 0. The average molecular weight is 1030 g/mol. The standard InChI is InChI=1S/6CN.Fe.4Tl/c6*1-2;;;;;/q6*-1;+2;4*+1. The van der Waals surface area contributed by atoms with Crippen LogP contribution >= 0.6 is 0 Å². The summed E-state index contributed by atoms with van der Waals surface area (Å²) >= 11 is 0. The Hall–Kier alpha value is 1.15. The van der Waals surface area contributed by atoms with Crippen molar-refractivity contribution in [3.05, 3.63) is 39.4 Å². The van der Waals surface area contributed by atoms with Gasteiger partial charge in [0, 0.05) is 0 Å². The molecule has 74 valence electrons. The normalized spacial score (nSPS) is 0.706. The van der Waals surface area contributed by atoms with E-state index in [1.165, 1.54) is 0 Å². The SMILES string of the molecule is [C-]#N.[C-]#N.[C-]#N.[C-]#N.[C-]#N.[C-]#N.[Fe+2].[Tl+].[Tl+].[Tl+].[Tl+]. The predicted molar refractivity (Wildman–Crippen MR) is 52.8 cm³/mol. The van der Waals surface area contributed by atoms with Crippen molar-refractivity contribution in [3.63, 3.8) is 0 Å². The van der Waals surface area contributed by atoms with E-state index in [1.54, 1.807) is 0 Å². The summed E-state index contributed by atoms with van der Waals surface area (Å²) in [6.07, 6.45) is 0. The fraction of sp³-hybridized carbons (Fsp3) is 0. The Kier molecular flexibility index (Phi) is 20900. The molecule has 0 aromatic carbocycles. The molecular weight excluding hydrogens is 1030 g/mol. The van der Waals surface area contributed by atoms with Crippen molar-refractivity contribution < 1.29 is 17.1 Å². The van der Waals surface area contributed by atoms with E-state index >= 15 is 0 Å².